The van der Waals surface area contributed by atoms with Crippen LogP contribution in [0.15, 0.2) is 18.2 Å². The van der Waals surface area contributed by atoms with Crippen molar-refractivity contribution in [2.45, 2.75) is 19.8 Å². The third-order valence-electron chi connectivity index (χ3n) is 4.57. The number of carbonyl (C=O) groups excluding carboxylic acids is 1. The van der Waals surface area contributed by atoms with Crippen molar-refractivity contribution < 1.29 is 14.5 Å². The summed E-state index contributed by atoms with van der Waals surface area (Å²) in [5, 5.41) is 13.6. The summed E-state index contributed by atoms with van der Waals surface area (Å²) in [7, 11) is 0. The molecule has 0 radical (unpaired) electrons. The third kappa shape index (κ3) is 2.76. The van der Waals surface area contributed by atoms with Crippen LogP contribution in [0.3, 0.4) is 0 Å². The summed E-state index contributed by atoms with van der Waals surface area (Å²) >= 11 is 0. The van der Waals surface area contributed by atoms with Crippen molar-refractivity contribution in [1.82, 2.24) is 4.90 Å². The fourth-order valence-corrected chi connectivity index (χ4v) is 3.18. The highest BCUT2D eigenvalue weighted by atomic mass is 16.6. The van der Waals surface area contributed by atoms with Gasteiger partial charge in [-0.15, -0.1) is 0 Å². The minimum atomic E-state index is -0.442. The maximum Gasteiger partial charge on any atom is 0.321 e. The van der Waals surface area contributed by atoms with E-state index < -0.39 is 4.92 Å². The molecule has 0 aromatic heterocycles. The summed E-state index contributed by atoms with van der Waals surface area (Å²) in [6.07, 6.45) is 1.98. The minimum Gasteiger partial charge on any atom is -0.381 e. The first kappa shape index (κ1) is 14.8. The molecule has 2 fully saturated rings. The number of nitro groups is 1. The quantitative estimate of drug-likeness (QED) is 0.672. The molecule has 3 rings (SSSR count). The molecule has 1 atom stereocenters. The molecule has 0 unspecified atom stereocenters. The molecule has 2 aliphatic heterocycles. The van der Waals surface area contributed by atoms with Crippen LogP contribution in [0.5, 0.6) is 0 Å². The molecule has 1 N–H and O–H groups in total. The zero-order valence-electron chi connectivity index (χ0n) is 12.5. The third-order valence-corrected chi connectivity index (χ3v) is 4.57. The Bertz CT molecular complexity index is 611. The fraction of sp³-hybridized carbons (Fsp3) is 0.533. The van der Waals surface area contributed by atoms with Gasteiger partial charge in [-0.25, -0.2) is 4.79 Å². The lowest BCUT2D eigenvalue weighted by Crippen LogP contribution is -2.35. The largest absolute Gasteiger partial charge is 0.381 e. The first-order valence-electron chi connectivity index (χ1n) is 7.38. The van der Waals surface area contributed by atoms with Gasteiger partial charge in [-0.1, -0.05) is 0 Å². The number of amides is 2. The number of urea groups is 1. The zero-order chi connectivity index (χ0) is 15.7. The van der Waals surface area contributed by atoms with E-state index in [0.717, 1.165) is 32.6 Å². The highest BCUT2D eigenvalue weighted by Gasteiger charge is 2.42. The van der Waals surface area contributed by atoms with Gasteiger partial charge in [0.05, 0.1) is 11.5 Å². The topological polar surface area (TPSA) is 84.7 Å². The van der Waals surface area contributed by atoms with E-state index in [1.807, 2.05) is 0 Å². The summed E-state index contributed by atoms with van der Waals surface area (Å²) in [4.78, 5) is 24.5. The molecule has 1 aromatic carbocycles. The van der Waals surface area contributed by atoms with Gasteiger partial charge in [0.1, 0.15) is 0 Å². The van der Waals surface area contributed by atoms with E-state index in [9.17, 15) is 14.9 Å². The van der Waals surface area contributed by atoms with Gasteiger partial charge in [0.2, 0.25) is 0 Å². The molecule has 2 aliphatic rings. The Hall–Kier alpha value is -2.15. The van der Waals surface area contributed by atoms with Crippen LogP contribution in [-0.2, 0) is 4.74 Å². The molecule has 2 saturated heterocycles. The summed E-state index contributed by atoms with van der Waals surface area (Å²) in [6, 6.07) is 4.29. The Morgan fingerprint density at radius 3 is 2.91 bits per heavy atom. The zero-order valence-corrected chi connectivity index (χ0v) is 12.5. The number of carbonyl (C=O) groups is 1. The highest BCUT2D eigenvalue weighted by Crippen LogP contribution is 2.38. The van der Waals surface area contributed by atoms with Crippen LogP contribution in [0, 0.1) is 22.5 Å². The number of likely N-dealkylation sites (tertiary alicyclic amines) is 1. The number of rotatable bonds is 2. The average Bonchev–Trinajstić information content (AvgIpc) is 3.11. The number of ether oxygens (including phenoxy) is 1. The fourth-order valence-electron chi connectivity index (χ4n) is 3.18. The number of hydrogen-bond acceptors (Lipinski definition) is 4. The monoisotopic (exact) mass is 305 g/mol. The Balaban J connectivity index is 1.66. The highest BCUT2D eigenvalue weighted by molar-refractivity contribution is 5.90. The second-order valence-corrected chi connectivity index (χ2v) is 6.16. The van der Waals surface area contributed by atoms with Crippen molar-refractivity contribution in [3.05, 3.63) is 33.9 Å². The Kier molecular flexibility index (Phi) is 3.74. The van der Waals surface area contributed by atoms with Gasteiger partial charge in [-0.05, 0) is 31.4 Å². The van der Waals surface area contributed by atoms with E-state index in [0.29, 0.717) is 17.8 Å². The van der Waals surface area contributed by atoms with Crippen molar-refractivity contribution in [3.63, 3.8) is 0 Å². The maximum absolute atomic E-state index is 12.4. The van der Waals surface area contributed by atoms with Crippen molar-refractivity contribution in [2.24, 2.45) is 5.41 Å². The molecule has 0 aliphatic carbocycles. The molecule has 118 valence electrons. The van der Waals surface area contributed by atoms with Crippen LogP contribution in [0.25, 0.3) is 0 Å². The van der Waals surface area contributed by atoms with E-state index >= 15 is 0 Å². The molecule has 0 saturated carbocycles. The summed E-state index contributed by atoms with van der Waals surface area (Å²) in [5.41, 5.74) is 1.45. The van der Waals surface area contributed by atoms with Crippen molar-refractivity contribution in [3.8, 4) is 0 Å². The van der Waals surface area contributed by atoms with Gasteiger partial charge in [-0.3, -0.25) is 10.1 Å². The second-order valence-electron chi connectivity index (χ2n) is 6.16. The molecule has 1 spiro atoms. The van der Waals surface area contributed by atoms with Crippen LogP contribution in [0.1, 0.15) is 18.4 Å². The molecular formula is C15H19N3O4. The predicted molar refractivity (Wildman–Crippen MR) is 80.9 cm³/mol. The number of hydrogen-bond donors (Lipinski definition) is 1. The number of aryl methyl sites for hydroxylation is 1. The first-order valence-corrected chi connectivity index (χ1v) is 7.38. The van der Waals surface area contributed by atoms with Gasteiger partial charge in [-0.2, -0.15) is 0 Å². The molecule has 2 amide bonds. The number of anilines is 1. The molecule has 1 aromatic rings. The van der Waals surface area contributed by atoms with Gasteiger partial charge >= 0.3 is 6.03 Å². The van der Waals surface area contributed by atoms with E-state index in [1.54, 1.807) is 17.9 Å². The minimum absolute atomic E-state index is 0.0266. The first-order chi connectivity index (χ1) is 10.5. The van der Waals surface area contributed by atoms with Crippen LogP contribution in [0.4, 0.5) is 16.2 Å². The maximum atomic E-state index is 12.4. The molecule has 7 nitrogen and oxygen atoms in total. The molecule has 0 bridgehead atoms. The van der Waals surface area contributed by atoms with Crippen molar-refractivity contribution in [2.75, 3.05) is 31.6 Å². The summed E-state index contributed by atoms with van der Waals surface area (Å²) in [6.45, 7) is 4.69. The number of nitrogens with zero attached hydrogens (tertiary/aromatic N) is 2. The lowest BCUT2D eigenvalue weighted by atomic mass is 9.87. The van der Waals surface area contributed by atoms with E-state index in [2.05, 4.69) is 5.32 Å². The van der Waals surface area contributed by atoms with Crippen LogP contribution >= 0.6 is 0 Å². The summed E-state index contributed by atoms with van der Waals surface area (Å²) in [5.74, 6) is 0. The van der Waals surface area contributed by atoms with Gasteiger partial charge in [0, 0.05) is 42.9 Å². The second kappa shape index (κ2) is 5.57. The average molecular weight is 305 g/mol. The molecule has 2 heterocycles. The van der Waals surface area contributed by atoms with E-state index in [4.69, 9.17) is 4.74 Å². The Morgan fingerprint density at radius 2 is 2.27 bits per heavy atom. The number of non-ortho nitro benzene ring substituents is 1. The van der Waals surface area contributed by atoms with Crippen molar-refractivity contribution >= 4 is 17.4 Å². The number of nitro benzene ring substituents is 1. The number of nitrogens with one attached hydrogen (secondary N) is 1. The van der Waals surface area contributed by atoms with Crippen LogP contribution in [-0.4, -0.2) is 42.2 Å². The smallest absolute Gasteiger partial charge is 0.321 e. The molecule has 22 heavy (non-hydrogen) atoms. The predicted octanol–water partition coefficient (Wildman–Crippen LogP) is 2.55. The van der Waals surface area contributed by atoms with Crippen LogP contribution in [0.2, 0.25) is 0 Å². The van der Waals surface area contributed by atoms with Gasteiger partial charge in [0.15, 0.2) is 0 Å². The van der Waals surface area contributed by atoms with Gasteiger partial charge in [0.25, 0.3) is 5.69 Å². The van der Waals surface area contributed by atoms with E-state index in [1.165, 1.54) is 12.1 Å². The SMILES string of the molecule is Cc1cc([N+](=O)[O-])ccc1NC(=O)N1CC[C@]2(CCOC2)C1. The Morgan fingerprint density at radius 1 is 1.45 bits per heavy atom. The standard InChI is InChI=1S/C15H19N3O4/c1-11-8-12(18(20)21)2-3-13(11)16-14(19)17-6-4-15(9-17)5-7-22-10-15/h2-3,8H,4-7,9-10H2,1H3,(H,16,19)/t15-/m0/s1. The molecular weight excluding hydrogens is 286 g/mol. The summed E-state index contributed by atoms with van der Waals surface area (Å²) < 4.78 is 5.46. The van der Waals surface area contributed by atoms with E-state index in [-0.39, 0.29) is 17.1 Å². The Labute approximate surface area is 128 Å². The van der Waals surface area contributed by atoms with Crippen molar-refractivity contribution in [1.29, 1.82) is 0 Å². The number of benzene rings is 1. The lowest BCUT2D eigenvalue weighted by Gasteiger charge is -2.22. The van der Waals surface area contributed by atoms with Crippen LogP contribution < -0.4 is 5.32 Å². The lowest BCUT2D eigenvalue weighted by molar-refractivity contribution is -0.384. The molecule has 7 heteroatoms. The van der Waals surface area contributed by atoms with Gasteiger partial charge < -0.3 is 15.0 Å². The normalized spacial score (nSPS) is 24.0.